The summed E-state index contributed by atoms with van der Waals surface area (Å²) in [4.78, 5) is 24.5. The molecule has 0 fully saturated rings. The molecule has 0 aliphatic rings. The van der Waals surface area contributed by atoms with Crippen LogP contribution in [0.1, 0.15) is 16.1 Å². The van der Waals surface area contributed by atoms with Gasteiger partial charge in [0.2, 0.25) is 14.9 Å². The average Bonchev–Trinajstić information content (AvgIpc) is 3.01. The number of furan rings is 1. The molecule has 0 saturated heterocycles. The summed E-state index contributed by atoms with van der Waals surface area (Å²) in [6.45, 7) is -0.329. The second kappa shape index (κ2) is 7.31. The minimum absolute atomic E-state index is 0.171. The number of carbonyl (C=O) groups excluding carboxylic acids is 1. The van der Waals surface area contributed by atoms with Gasteiger partial charge in [-0.3, -0.25) is 9.59 Å². The molecular formula is C16H17NO6S. The SMILES string of the molecule is CS(=O)(=O)c1ccc(C(=O)N(CCc2ccccc2)CC(=O)O)o1. The van der Waals surface area contributed by atoms with Crippen LogP contribution in [0.15, 0.2) is 52.0 Å². The molecular weight excluding hydrogens is 334 g/mol. The Balaban J connectivity index is 2.15. The third-order valence-electron chi connectivity index (χ3n) is 3.28. The average molecular weight is 351 g/mol. The third-order valence-corrected chi connectivity index (χ3v) is 4.23. The third kappa shape index (κ3) is 4.69. The lowest BCUT2D eigenvalue weighted by molar-refractivity contribution is -0.137. The minimum Gasteiger partial charge on any atom is -0.480 e. The van der Waals surface area contributed by atoms with E-state index >= 15 is 0 Å². The van der Waals surface area contributed by atoms with Gasteiger partial charge >= 0.3 is 5.97 Å². The maximum atomic E-state index is 12.4. The van der Waals surface area contributed by atoms with Gasteiger partial charge in [0.25, 0.3) is 5.91 Å². The normalized spacial score (nSPS) is 11.2. The summed E-state index contributed by atoms with van der Waals surface area (Å²) in [5, 5.41) is 8.66. The zero-order valence-electron chi connectivity index (χ0n) is 13.0. The first-order chi connectivity index (χ1) is 11.3. The topological polar surface area (TPSA) is 105 Å². The Labute approximate surface area is 139 Å². The predicted molar refractivity (Wildman–Crippen MR) is 85.5 cm³/mol. The van der Waals surface area contributed by atoms with Gasteiger partial charge < -0.3 is 14.4 Å². The number of nitrogens with zero attached hydrogens (tertiary/aromatic N) is 1. The van der Waals surface area contributed by atoms with Gasteiger partial charge in [0.1, 0.15) is 6.54 Å². The molecule has 0 aliphatic carbocycles. The molecule has 0 radical (unpaired) electrons. The number of carboxylic acids is 1. The zero-order valence-corrected chi connectivity index (χ0v) is 13.8. The second-order valence-electron chi connectivity index (χ2n) is 5.25. The van der Waals surface area contributed by atoms with Crippen molar-refractivity contribution < 1.29 is 27.5 Å². The van der Waals surface area contributed by atoms with Gasteiger partial charge in [-0.15, -0.1) is 0 Å². The number of rotatable bonds is 7. The first-order valence-corrected chi connectivity index (χ1v) is 9.01. The van der Waals surface area contributed by atoms with Crippen molar-refractivity contribution in [3.63, 3.8) is 0 Å². The zero-order chi connectivity index (χ0) is 17.7. The van der Waals surface area contributed by atoms with Gasteiger partial charge in [0.05, 0.1) is 0 Å². The van der Waals surface area contributed by atoms with E-state index in [-0.39, 0.29) is 17.4 Å². The Kier molecular flexibility index (Phi) is 5.40. The van der Waals surface area contributed by atoms with Crippen molar-refractivity contribution in [3.05, 3.63) is 53.8 Å². The van der Waals surface area contributed by atoms with E-state index in [4.69, 9.17) is 9.52 Å². The molecule has 2 rings (SSSR count). The number of carbonyl (C=O) groups is 2. The van der Waals surface area contributed by atoms with Crippen molar-refractivity contribution in [2.24, 2.45) is 0 Å². The fourth-order valence-corrected chi connectivity index (χ4v) is 2.67. The van der Waals surface area contributed by atoms with Crippen LogP contribution >= 0.6 is 0 Å². The molecule has 0 aliphatic heterocycles. The monoisotopic (exact) mass is 351 g/mol. The van der Waals surface area contributed by atoms with E-state index in [1.807, 2.05) is 30.3 Å². The first-order valence-electron chi connectivity index (χ1n) is 7.12. The number of benzene rings is 1. The number of hydrogen-bond acceptors (Lipinski definition) is 5. The molecule has 0 unspecified atom stereocenters. The Morgan fingerprint density at radius 3 is 2.33 bits per heavy atom. The lowest BCUT2D eigenvalue weighted by atomic mass is 10.1. The molecule has 2 aromatic rings. The highest BCUT2D eigenvalue weighted by atomic mass is 32.2. The number of carboxylic acid groups (broad SMARTS) is 1. The van der Waals surface area contributed by atoms with Crippen LogP contribution in [0.4, 0.5) is 0 Å². The maximum Gasteiger partial charge on any atom is 0.323 e. The van der Waals surface area contributed by atoms with E-state index < -0.39 is 28.3 Å². The molecule has 1 aromatic heterocycles. The molecule has 1 aromatic carbocycles. The van der Waals surface area contributed by atoms with E-state index in [0.29, 0.717) is 6.42 Å². The quantitative estimate of drug-likeness (QED) is 0.809. The van der Waals surface area contributed by atoms with Crippen LogP contribution in [0.2, 0.25) is 0 Å². The number of amides is 1. The number of hydrogen-bond donors (Lipinski definition) is 1. The predicted octanol–water partition coefficient (Wildman–Crippen LogP) is 1.45. The van der Waals surface area contributed by atoms with Crippen molar-refractivity contribution in [1.29, 1.82) is 0 Å². The van der Waals surface area contributed by atoms with E-state index in [2.05, 4.69) is 0 Å². The summed E-state index contributed by atoms with van der Waals surface area (Å²) in [5.74, 6) is -2.03. The summed E-state index contributed by atoms with van der Waals surface area (Å²) >= 11 is 0. The molecule has 7 nitrogen and oxygen atoms in total. The van der Waals surface area contributed by atoms with Crippen LogP contribution in [0.5, 0.6) is 0 Å². The Morgan fingerprint density at radius 1 is 1.12 bits per heavy atom. The lowest BCUT2D eigenvalue weighted by Crippen LogP contribution is -2.37. The van der Waals surface area contributed by atoms with E-state index in [1.165, 1.54) is 12.1 Å². The molecule has 0 bridgehead atoms. The summed E-state index contributed by atoms with van der Waals surface area (Å²) in [6.07, 6.45) is 1.43. The fourth-order valence-electron chi connectivity index (χ4n) is 2.11. The van der Waals surface area contributed by atoms with Gasteiger partial charge in [-0.2, -0.15) is 0 Å². The maximum absolute atomic E-state index is 12.4. The lowest BCUT2D eigenvalue weighted by Gasteiger charge is -2.19. The highest BCUT2D eigenvalue weighted by Gasteiger charge is 2.23. The molecule has 1 N–H and O–H groups in total. The summed E-state index contributed by atoms with van der Waals surface area (Å²) in [6, 6.07) is 11.7. The van der Waals surface area contributed by atoms with Gasteiger partial charge in [0, 0.05) is 12.8 Å². The fraction of sp³-hybridized carbons (Fsp3) is 0.250. The van der Waals surface area contributed by atoms with Crippen LogP contribution in [0, 0.1) is 0 Å². The summed E-state index contributed by atoms with van der Waals surface area (Å²) in [5.41, 5.74) is 0.956. The van der Waals surface area contributed by atoms with Crippen molar-refractivity contribution in [1.82, 2.24) is 4.90 Å². The van der Waals surface area contributed by atoms with Crippen LogP contribution in [0.3, 0.4) is 0 Å². The Hall–Kier alpha value is -2.61. The molecule has 128 valence electrons. The smallest absolute Gasteiger partial charge is 0.323 e. The minimum atomic E-state index is -3.57. The molecule has 1 heterocycles. The second-order valence-corrected chi connectivity index (χ2v) is 7.19. The molecule has 8 heteroatoms. The van der Waals surface area contributed by atoms with Gasteiger partial charge in [-0.05, 0) is 24.1 Å². The standard InChI is InChI=1S/C16H17NO6S/c1-24(21,22)15-8-7-13(23-15)16(20)17(11-14(18)19)10-9-12-5-3-2-4-6-12/h2-8H,9-11H2,1H3,(H,18,19). The molecule has 0 saturated carbocycles. The molecule has 0 spiro atoms. The Bertz CT molecular complexity index is 825. The van der Waals surface area contributed by atoms with E-state index in [0.717, 1.165) is 16.7 Å². The van der Waals surface area contributed by atoms with Crippen LogP contribution in [0.25, 0.3) is 0 Å². The van der Waals surface area contributed by atoms with Crippen molar-refractivity contribution in [2.75, 3.05) is 19.3 Å². The van der Waals surface area contributed by atoms with Crippen LogP contribution < -0.4 is 0 Å². The van der Waals surface area contributed by atoms with Crippen molar-refractivity contribution >= 4 is 21.7 Å². The van der Waals surface area contributed by atoms with Gasteiger partial charge in [-0.25, -0.2) is 8.42 Å². The first kappa shape index (κ1) is 17.7. The molecule has 1 amide bonds. The van der Waals surface area contributed by atoms with Crippen LogP contribution in [-0.4, -0.2) is 49.6 Å². The Morgan fingerprint density at radius 2 is 1.79 bits per heavy atom. The largest absolute Gasteiger partial charge is 0.480 e. The summed E-state index contributed by atoms with van der Waals surface area (Å²) in [7, 11) is -3.57. The van der Waals surface area contributed by atoms with E-state index in [9.17, 15) is 18.0 Å². The van der Waals surface area contributed by atoms with Gasteiger partial charge in [-0.1, -0.05) is 30.3 Å². The highest BCUT2D eigenvalue weighted by Crippen LogP contribution is 2.16. The van der Waals surface area contributed by atoms with Crippen molar-refractivity contribution in [2.45, 2.75) is 11.5 Å². The van der Waals surface area contributed by atoms with Gasteiger partial charge in [0.15, 0.2) is 5.76 Å². The number of sulfone groups is 1. The number of aliphatic carboxylic acids is 1. The molecule has 24 heavy (non-hydrogen) atoms. The van der Waals surface area contributed by atoms with E-state index in [1.54, 1.807) is 0 Å². The van der Waals surface area contributed by atoms with Crippen LogP contribution in [-0.2, 0) is 21.1 Å². The van der Waals surface area contributed by atoms with Crippen molar-refractivity contribution in [3.8, 4) is 0 Å². The molecule has 0 atom stereocenters. The summed E-state index contributed by atoms with van der Waals surface area (Å²) < 4.78 is 27.9. The highest BCUT2D eigenvalue weighted by molar-refractivity contribution is 7.90.